The van der Waals surface area contributed by atoms with E-state index >= 15 is 0 Å². The van der Waals surface area contributed by atoms with Crippen LogP contribution in [-0.4, -0.2) is 135 Å². The Morgan fingerprint density at radius 1 is 0.645 bits per heavy atom. The van der Waals surface area contributed by atoms with Gasteiger partial charge in [0.05, 0.1) is 79.6 Å². The van der Waals surface area contributed by atoms with Crippen molar-refractivity contribution in [3.63, 3.8) is 0 Å². The second-order valence-electron chi connectivity index (χ2n) is 18.4. The molecule has 27 nitrogen and oxygen atoms in total. The Hall–Kier alpha value is -9.32. The van der Waals surface area contributed by atoms with Gasteiger partial charge in [-0.25, -0.2) is 71.8 Å². The van der Waals surface area contributed by atoms with Crippen LogP contribution in [0.15, 0.2) is 81.4 Å². The smallest absolute Gasteiger partial charge is 0.329 e. The zero-order valence-corrected chi connectivity index (χ0v) is 40.7. The molecule has 8 aromatic heterocycles. The Balaban J connectivity index is 0.000000142. The predicted octanol–water partition coefficient (Wildman–Crippen LogP) is 0.946. The minimum Gasteiger partial charge on any atom is -0.467 e. The van der Waals surface area contributed by atoms with Crippen LogP contribution < -0.4 is 43.3 Å². The lowest BCUT2D eigenvalue weighted by Crippen LogP contribution is -2.31. The molecule has 5 N–H and O–H groups in total. The average molecular weight is 1050 g/mol. The molecular formula is C45H44F4N20O7. The average Bonchev–Trinajstić information content (AvgIpc) is 4.17. The number of hydrogen-bond donors (Lipinski definition) is 4. The number of esters is 1. The number of carbonyl (C=O) groups excluding carboxylic acids is 2. The third-order valence-corrected chi connectivity index (χ3v) is 13.8. The standard InChI is InChI=1S/C22H20F2N10O3.C13H12F2N6.C10H12N4O4/c1-10(34-9-28-17-16(34)19(36)31-21(37)32(17)2)18(35)30-15-6-25-5-14(29-15)11-3-26-20(27-4-11)33-7-12-13(8-33)22(12,23)24;14-13(15)8-5-21(6-9(8)13)12-18-1-7(2-19-12)10-3-17-4-11(16)20-10;1-5(9(16)18-3)14-4-11-7-6(14)8(15)12-10(17)13(7)2/h3-6,9-10,12-13H,7-8H2,1-2H3,(H,29,30,35)(H,31,36,37);1-4,8-9H,5-6H2,(H2,16,20);4-5H,1-3H3,(H,12,15,17)/t10-,12?,13?;;5-/m0.0/s1. The van der Waals surface area contributed by atoms with Crippen LogP contribution in [0.3, 0.4) is 0 Å². The lowest BCUT2D eigenvalue weighted by atomic mass is 10.2. The number of carbonyl (C=O) groups is 2. The van der Waals surface area contributed by atoms with Crippen LogP contribution in [0.2, 0.25) is 0 Å². The first-order valence-corrected chi connectivity index (χ1v) is 23.2. The van der Waals surface area contributed by atoms with Crippen LogP contribution in [-0.2, 0) is 28.4 Å². The van der Waals surface area contributed by atoms with E-state index in [0.29, 0.717) is 53.3 Å². The molecule has 12 rings (SSSR count). The second kappa shape index (κ2) is 18.9. The molecule has 1 amide bonds. The minimum absolute atomic E-state index is 0.0841. The number of H-pyrrole nitrogens is 2. The molecule has 0 bridgehead atoms. The lowest BCUT2D eigenvalue weighted by molar-refractivity contribution is -0.143. The van der Waals surface area contributed by atoms with Gasteiger partial charge in [0.1, 0.15) is 17.9 Å². The molecule has 2 saturated heterocycles. The summed E-state index contributed by atoms with van der Waals surface area (Å²) in [5, 5.41) is 2.66. The highest BCUT2D eigenvalue weighted by Gasteiger charge is 2.72. The van der Waals surface area contributed by atoms with Gasteiger partial charge in [-0.15, -0.1) is 0 Å². The van der Waals surface area contributed by atoms with E-state index in [1.165, 1.54) is 83.1 Å². The Labute approximate surface area is 422 Å². The highest BCUT2D eigenvalue weighted by Crippen LogP contribution is 2.60. The molecule has 6 atom stereocenters. The number of amides is 1. The van der Waals surface area contributed by atoms with Gasteiger partial charge in [-0.05, 0) is 13.8 Å². The number of aromatic amines is 2. The number of piperidine rings is 2. The van der Waals surface area contributed by atoms with Crippen molar-refractivity contribution in [2.45, 2.75) is 37.8 Å². The van der Waals surface area contributed by atoms with E-state index in [1.807, 2.05) is 0 Å². The molecule has 0 aromatic carbocycles. The number of methoxy groups -OCH3 is 1. The van der Waals surface area contributed by atoms with Gasteiger partial charge in [-0.1, -0.05) is 0 Å². The molecule has 2 aliphatic heterocycles. The summed E-state index contributed by atoms with van der Waals surface area (Å²) in [6.45, 7) is 4.24. The summed E-state index contributed by atoms with van der Waals surface area (Å²) in [6.07, 6.45) is 14.8. The van der Waals surface area contributed by atoms with E-state index in [2.05, 4.69) is 69.9 Å². The molecule has 4 aliphatic rings. The van der Waals surface area contributed by atoms with E-state index in [-0.39, 0.29) is 41.2 Å². The van der Waals surface area contributed by atoms with Gasteiger partial charge >= 0.3 is 17.3 Å². The number of imidazole rings is 2. The van der Waals surface area contributed by atoms with Gasteiger partial charge in [0, 0.05) is 76.2 Å². The maximum absolute atomic E-state index is 13.4. The zero-order valence-electron chi connectivity index (χ0n) is 40.7. The summed E-state index contributed by atoms with van der Waals surface area (Å²) in [6, 6.07) is -1.56. The number of fused-ring (bicyclic) bond motifs is 4. The fraction of sp³-hybridized carbons (Fsp3) is 0.378. The summed E-state index contributed by atoms with van der Waals surface area (Å²) in [5.74, 6) is -7.08. The number of nitrogens with two attached hydrogens (primary N) is 1. The van der Waals surface area contributed by atoms with Crippen LogP contribution in [0.4, 0.5) is 41.1 Å². The topological polar surface area (TPSA) is 336 Å². The van der Waals surface area contributed by atoms with Crippen molar-refractivity contribution in [3.8, 4) is 22.5 Å². The van der Waals surface area contributed by atoms with Gasteiger partial charge in [0.25, 0.3) is 23.0 Å². The fourth-order valence-electron chi connectivity index (χ4n) is 9.19. The van der Waals surface area contributed by atoms with Crippen molar-refractivity contribution >= 4 is 57.7 Å². The number of aryl methyl sites for hydroxylation is 2. The molecule has 2 saturated carbocycles. The normalized spacial score (nSPS) is 20.1. The Morgan fingerprint density at radius 3 is 1.50 bits per heavy atom. The second-order valence-corrected chi connectivity index (χ2v) is 18.4. The molecule has 10 heterocycles. The van der Waals surface area contributed by atoms with E-state index in [4.69, 9.17) is 5.73 Å². The van der Waals surface area contributed by atoms with Gasteiger partial charge in [0.2, 0.25) is 17.8 Å². The van der Waals surface area contributed by atoms with Crippen LogP contribution >= 0.6 is 0 Å². The van der Waals surface area contributed by atoms with Crippen molar-refractivity contribution < 1.29 is 31.9 Å². The maximum atomic E-state index is 13.4. The number of hydrogen-bond acceptors (Lipinski definition) is 20. The van der Waals surface area contributed by atoms with Gasteiger partial charge in [-0.3, -0.25) is 43.5 Å². The summed E-state index contributed by atoms with van der Waals surface area (Å²) < 4.78 is 63.0. The zero-order chi connectivity index (χ0) is 54.1. The summed E-state index contributed by atoms with van der Waals surface area (Å²) in [4.78, 5) is 121. The molecule has 76 heavy (non-hydrogen) atoms. The first-order valence-electron chi connectivity index (χ1n) is 23.2. The fourth-order valence-corrected chi connectivity index (χ4v) is 9.19. The summed E-state index contributed by atoms with van der Waals surface area (Å²) in [5.41, 5.74) is 6.00. The number of nitrogen functional groups attached to an aromatic ring is 1. The molecule has 0 spiro atoms. The van der Waals surface area contributed by atoms with E-state index in [1.54, 1.807) is 42.2 Å². The van der Waals surface area contributed by atoms with Gasteiger partial charge < -0.3 is 34.7 Å². The number of alkyl halides is 4. The Bertz CT molecular complexity index is 3790. The highest BCUT2D eigenvalue weighted by atomic mass is 19.3. The number of anilines is 4. The predicted molar refractivity (Wildman–Crippen MR) is 260 cm³/mol. The number of ether oxygens (including phenoxy) is 1. The molecule has 4 unspecified atom stereocenters. The highest BCUT2D eigenvalue weighted by molar-refractivity contribution is 5.93. The molecular weight excluding hydrogens is 1010 g/mol. The van der Waals surface area contributed by atoms with E-state index in [0.717, 1.165) is 0 Å². The number of aromatic nitrogens is 16. The lowest BCUT2D eigenvalue weighted by Gasteiger charge is -2.19. The third kappa shape index (κ3) is 9.00. The van der Waals surface area contributed by atoms with Gasteiger partial charge in [-0.2, -0.15) is 0 Å². The Kier molecular flexibility index (Phi) is 12.5. The van der Waals surface area contributed by atoms with Crippen LogP contribution in [0.1, 0.15) is 25.9 Å². The molecule has 0 radical (unpaired) electrons. The number of rotatable bonds is 9. The van der Waals surface area contributed by atoms with Crippen molar-refractivity contribution in [1.82, 2.24) is 78.1 Å². The molecule has 4 fully saturated rings. The number of nitrogens with one attached hydrogen (secondary N) is 3. The van der Waals surface area contributed by atoms with E-state index < -0.39 is 82.0 Å². The van der Waals surface area contributed by atoms with Crippen LogP contribution in [0.5, 0.6) is 0 Å². The number of halogens is 4. The quantitative estimate of drug-likeness (QED) is 0.115. The van der Waals surface area contributed by atoms with Crippen LogP contribution in [0, 0.1) is 23.7 Å². The monoisotopic (exact) mass is 1050 g/mol. The molecule has 2 aliphatic carbocycles. The molecule has 394 valence electrons. The first kappa shape index (κ1) is 50.2. The Morgan fingerprint density at radius 2 is 1.07 bits per heavy atom. The van der Waals surface area contributed by atoms with Crippen molar-refractivity contribution in [1.29, 1.82) is 0 Å². The van der Waals surface area contributed by atoms with Crippen molar-refractivity contribution in [3.05, 3.63) is 104 Å². The first-order chi connectivity index (χ1) is 36.2. The summed E-state index contributed by atoms with van der Waals surface area (Å²) in [7, 11) is 4.21. The SMILES string of the molecule is COC(=O)[C@H](C)n1cnc2c1c(=O)[nH]c(=O)n2C.C[C@@H](C(=O)Nc1cncc(-c2cnc(N3CC4C(C3)C4(F)F)nc2)n1)n1cnc2c1c(=O)[nH]c(=O)n2C.Nc1cncc(-c2cnc(N3CC4C(C3)C4(F)F)nc2)n1. The van der Waals surface area contributed by atoms with Crippen LogP contribution in [0.25, 0.3) is 44.8 Å². The van der Waals surface area contributed by atoms with Crippen molar-refractivity contribution in [2.75, 3.05) is 54.1 Å². The largest absolute Gasteiger partial charge is 0.467 e. The molecule has 31 heteroatoms. The number of nitrogens with zero attached hydrogens (tertiary/aromatic N) is 16. The maximum Gasteiger partial charge on any atom is 0.329 e. The summed E-state index contributed by atoms with van der Waals surface area (Å²) >= 11 is 0. The van der Waals surface area contributed by atoms with Crippen molar-refractivity contribution in [2.24, 2.45) is 37.8 Å². The van der Waals surface area contributed by atoms with Gasteiger partial charge in [0.15, 0.2) is 28.1 Å². The van der Waals surface area contributed by atoms with E-state index in [9.17, 15) is 46.3 Å². The molecule has 8 aromatic rings. The third-order valence-electron chi connectivity index (χ3n) is 13.8. The minimum atomic E-state index is -2.58.